The van der Waals surface area contributed by atoms with E-state index in [4.69, 9.17) is 10.5 Å². The number of anilines is 1. The second-order valence-corrected chi connectivity index (χ2v) is 2.73. The molecule has 0 aromatic carbocycles. The van der Waals surface area contributed by atoms with E-state index >= 15 is 0 Å². The summed E-state index contributed by atoms with van der Waals surface area (Å²) in [4.78, 5) is 0. The summed E-state index contributed by atoms with van der Waals surface area (Å²) in [5.41, 5.74) is 5.38. The molecule has 0 aliphatic heterocycles. The maximum atomic E-state index is 5.38. The topological polar surface area (TPSA) is 78.9 Å². The third-order valence-electron chi connectivity index (χ3n) is 1.56. The van der Waals surface area contributed by atoms with Crippen LogP contribution in [0, 0.1) is 0 Å². The molecular formula is C8H9N5O. The normalized spacial score (nSPS) is 10.1. The Balaban J connectivity index is 2.15. The predicted octanol–water partition coefficient (Wildman–Crippen LogP) is 0.585. The van der Waals surface area contributed by atoms with Gasteiger partial charge in [-0.2, -0.15) is 0 Å². The minimum absolute atomic E-state index is 0.360. The van der Waals surface area contributed by atoms with Gasteiger partial charge in [-0.3, -0.25) is 4.68 Å². The number of aryl methyl sites for hydroxylation is 1. The van der Waals surface area contributed by atoms with E-state index in [1.165, 1.54) is 0 Å². The lowest BCUT2D eigenvalue weighted by molar-refractivity contribution is 0.431. The van der Waals surface area contributed by atoms with Crippen LogP contribution in [0.15, 0.2) is 24.4 Å². The molecule has 6 nitrogen and oxygen atoms in total. The third-order valence-corrected chi connectivity index (χ3v) is 1.56. The molecule has 0 amide bonds. The van der Waals surface area contributed by atoms with Crippen molar-refractivity contribution in [3.63, 3.8) is 0 Å². The summed E-state index contributed by atoms with van der Waals surface area (Å²) in [6.07, 6.45) is 1.78. The molecule has 0 spiro atoms. The van der Waals surface area contributed by atoms with Crippen molar-refractivity contribution in [3.05, 3.63) is 24.4 Å². The van der Waals surface area contributed by atoms with Crippen molar-refractivity contribution in [1.82, 2.24) is 20.0 Å². The number of nitrogen functional groups attached to an aromatic ring is 1. The van der Waals surface area contributed by atoms with Gasteiger partial charge in [-0.1, -0.05) is 0 Å². The molecule has 14 heavy (non-hydrogen) atoms. The maximum Gasteiger partial charge on any atom is 0.241 e. The number of aromatic nitrogens is 4. The highest BCUT2D eigenvalue weighted by Gasteiger charge is 2.01. The van der Waals surface area contributed by atoms with Crippen LogP contribution in [0.2, 0.25) is 0 Å². The summed E-state index contributed by atoms with van der Waals surface area (Å²) < 4.78 is 6.93. The Kier molecular flexibility index (Phi) is 2.02. The minimum Gasteiger partial charge on any atom is -0.417 e. The van der Waals surface area contributed by atoms with Gasteiger partial charge in [0.15, 0.2) is 0 Å². The Bertz CT molecular complexity index is 422. The lowest BCUT2D eigenvalue weighted by Crippen LogP contribution is -1.95. The van der Waals surface area contributed by atoms with Crippen LogP contribution in [0.4, 0.5) is 5.82 Å². The lowest BCUT2D eigenvalue weighted by atomic mass is 10.5. The molecule has 0 fully saturated rings. The van der Waals surface area contributed by atoms with Gasteiger partial charge in [0.1, 0.15) is 5.82 Å². The molecule has 2 rings (SSSR count). The molecule has 2 heterocycles. The minimum atomic E-state index is 0.360. The average molecular weight is 191 g/mol. The fraction of sp³-hybridized carbons (Fsp3) is 0.125. The summed E-state index contributed by atoms with van der Waals surface area (Å²) in [7, 11) is 1.81. The molecule has 0 unspecified atom stereocenters. The number of ether oxygens (including phenoxy) is 1. The quantitative estimate of drug-likeness (QED) is 0.751. The van der Waals surface area contributed by atoms with Crippen LogP contribution in [0.5, 0.6) is 11.8 Å². The first-order valence-corrected chi connectivity index (χ1v) is 4.01. The Morgan fingerprint density at radius 1 is 1.21 bits per heavy atom. The maximum absolute atomic E-state index is 5.38. The first kappa shape index (κ1) is 8.49. The largest absolute Gasteiger partial charge is 0.417 e. The first-order chi connectivity index (χ1) is 6.74. The molecule has 0 saturated heterocycles. The zero-order valence-corrected chi connectivity index (χ0v) is 7.58. The smallest absolute Gasteiger partial charge is 0.241 e. The van der Waals surface area contributed by atoms with Crippen molar-refractivity contribution < 1.29 is 4.74 Å². The molecule has 0 radical (unpaired) electrons. The average Bonchev–Trinajstić information content (AvgIpc) is 2.56. The number of nitrogens with zero attached hydrogens (tertiary/aromatic N) is 4. The van der Waals surface area contributed by atoms with Gasteiger partial charge in [0, 0.05) is 25.4 Å². The van der Waals surface area contributed by atoms with E-state index < -0.39 is 0 Å². The Morgan fingerprint density at radius 3 is 2.64 bits per heavy atom. The van der Waals surface area contributed by atoms with Crippen molar-refractivity contribution in [2.24, 2.45) is 7.05 Å². The first-order valence-electron chi connectivity index (χ1n) is 4.01. The molecule has 0 aliphatic carbocycles. The molecule has 0 atom stereocenters. The highest BCUT2D eigenvalue weighted by molar-refractivity contribution is 5.28. The van der Waals surface area contributed by atoms with Gasteiger partial charge in [-0.25, -0.2) is 0 Å². The molecular weight excluding hydrogens is 182 g/mol. The second-order valence-electron chi connectivity index (χ2n) is 2.73. The van der Waals surface area contributed by atoms with Crippen molar-refractivity contribution in [3.8, 4) is 11.8 Å². The van der Waals surface area contributed by atoms with E-state index in [0.717, 1.165) is 0 Å². The fourth-order valence-corrected chi connectivity index (χ4v) is 0.940. The Hall–Kier alpha value is -2.11. The van der Waals surface area contributed by atoms with Crippen LogP contribution in [-0.4, -0.2) is 20.0 Å². The number of nitrogens with two attached hydrogens (primary N) is 1. The summed E-state index contributed by atoms with van der Waals surface area (Å²) >= 11 is 0. The van der Waals surface area contributed by atoms with Gasteiger partial charge in [0.05, 0.1) is 0 Å². The monoisotopic (exact) mass is 191 g/mol. The van der Waals surface area contributed by atoms with E-state index in [1.807, 2.05) is 7.05 Å². The summed E-state index contributed by atoms with van der Waals surface area (Å²) in [6, 6.07) is 4.99. The van der Waals surface area contributed by atoms with Gasteiger partial charge in [-0.15, -0.1) is 15.3 Å². The highest BCUT2D eigenvalue weighted by atomic mass is 16.5. The van der Waals surface area contributed by atoms with E-state index in [2.05, 4.69) is 15.3 Å². The van der Waals surface area contributed by atoms with Crippen LogP contribution >= 0.6 is 0 Å². The molecule has 72 valence electrons. The van der Waals surface area contributed by atoms with Gasteiger partial charge < -0.3 is 10.5 Å². The highest BCUT2D eigenvalue weighted by Crippen LogP contribution is 2.15. The van der Waals surface area contributed by atoms with Gasteiger partial charge >= 0.3 is 0 Å². The number of hydrogen-bond donors (Lipinski definition) is 1. The van der Waals surface area contributed by atoms with Gasteiger partial charge in [0.2, 0.25) is 11.8 Å². The fourth-order valence-electron chi connectivity index (χ4n) is 0.940. The van der Waals surface area contributed by atoms with Crippen LogP contribution in [0.3, 0.4) is 0 Å². The molecule has 6 heteroatoms. The van der Waals surface area contributed by atoms with Crippen molar-refractivity contribution >= 4 is 5.82 Å². The van der Waals surface area contributed by atoms with Crippen molar-refractivity contribution in [1.29, 1.82) is 0 Å². The van der Waals surface area contributed by atoms with E-state index in [-0.39, 0.29) is 0 Å². The van der Waals surface area contributed by atoms with Crippen molar-refractivity contribution in [2.45, 2.75) is 0 Å². The number of rotatable bonds is 2. The van der Waals surface area contributed by atoms with Gasteiger partial charge in [0.25, 0.3) is 0 Å². The molecule has 2 aromatic heterocycles. The molecule has 0 saturated carbocycles. The summed E-state index contributed by atoms with van der Waals surface area (Å²) in [6.45, 7) is 0. The van der Waals surface area contributed by atoms with Crippen LogP contribution in [0.1, 0.15) is 0 Å². The summed E-state index contributed by atoms with van der Waals surface area (Å²) in [5.74, 6) is 1.21. The SMILES string of the molecule is Cn1ccc(Oc2ccc(N)nn2)n1. The van der Waals surface area contributed by atoms with Crippen LogP contribution < -0.4 is 10.5 Å². The zero-order chi connectivity index (χ0) is 9.97. The Morgan fingerprint density at radius 2 is 2.07 bits per heavy atom. The van der Waals surface area contributed by atoms with Crippen molar-refractivity contribution in [2.75, 3.05) is 5.73 Å². The Labute approximate surface area is 80.3 Å². The molecule has 0 aliphatic rings. The summed E-state index contributed by atoms with van der Waals surface area (Å²) in [5, 5.41) is 11.4. The molecule has 2 N–H and O–H groups in total. The lowest BCUT2D eigenvalue weighted by Gasteiger charge is -1.98. The van der Waals surface area contributed by atoms with E-state index in [9.17, 15) is 0 Å². The number of hydrogen-bond acceptors (Lipinski definition) is 5. The van der Waals surface area contributed by atoms with Gasteiger partial charge in [-0.05, 0) is 6.07 Å². The van der Waals surface area contributed by atoms with Crippen LogP contribution in [0.25, 0.3) is 0 Å². The second kappa shape index (κ2) is 3.33. The third kappa shape index (κ3) is 1.79. The zero-order valence-electron chi connectivity index (χ0n) is 7.58. The van der Waals surface area contributed by atoms with Crippen LogP contribution in [-0.2, 0) is 7.05 Å². The van der Waals surface area contributed by atoms with E-state index in [1.54, 1.807) is 29.1 Å². The predicted molar refractivity (Wildman–Crippen MR) is 49.7 cm³/mol. The molecule has 2 aromatic rings. The molecule has 0 bridgehead atoms. The standard InChI is InChI=1S/C8H9N5O/c1-13-5-4-8(12-13)14-7-3-2-6(9)10-11-7/h2-5H,1H3,(H2,9,10). The van der Waals surface area contributed by atoms with E-state index in [0.29, 0.717) is 17.6 Å².